The molecular weight excluding hydrogens is 737 g/mol. The summed E-state index contributed by atoms with van der Waals surface area (Å²) in [5.41, 5.74) is -0.971. The highest BCUT2D eigenvalue weighted by Crippen LogP contribution is 2.71. The second-order valence-electron chi connectivity index (χ2n) is 20.4. The van der Waals surface area contributed by atoms with Crippen LogP contribution < -0.4 is 0 Å². The highest BCUT2D eigenvalue weighted by Gasteiger charge is 2.70. The molecule has 6 fully saturated rings. The molecule has 2 N–H and O–H groups in total. The third-order valence-electron chi connectivity index (χ3n) is 17.0. The fourth-order valence-electron chi connectivity index (χ4n) is 14.5. The van der Waals surface area contributed by atoms with Crippen LogP contribution in [0.4, 0.5) is 0 Å². The predicted octanol–water partition coefficient (Wildman–Crippen LogP) is 9.82. The average Bonchev–Trinajstić information content (AvgIpc) is 3.66. The van der Waals surface area contributed by atoms with E-state index in [0.29, 0.717) is 25.2 Å². The first-order valence-corrected chi connectivity index (χ1v) is 23.3. The minimum atomic E-state index is -0.787. The van der Waals surface area contributed by atoms with E-state index in [9.17, 15) is 33.9 Å². The number of esters is 4. The molecule has 4 saturated carbocycles. The summed E-state index contributed by atoms with van der Waals surface area (Å²) >= 11 is 0. The minimum absolute atomic E-state index is 0.00000649. The SMILES string of the molecule is CCCC/C=C/C(CCC(CCCCCCCCC(=O)O)C1C2C(=O)OC(=O)C2C2CC3C(CCC4C(C)(C(=O)O)CCCC34C)C1C2C(C)C)C1CC(=O)OC1=O. The van der Waals surface area contributed by atoms with Crippen molar-refractivity contribution in [2.45, 2.75) is 163 Å². The third-order valence-corrected chi connectivity index (χ3v) is 17.0. The number of hydrogen-bond donors (Lipinski definition) is 2. The fourth-order valence-corrected chi connectivity index (χ4v) is 14.5. The lowest BCUT2D eigenvalue weighted by Crippen LogP contribution is -2.64. The Bertz CT molecular complexity index is 1570. The Labute approximate surface area is 346 Å². The van der Waals surface area contributed by atoms with Crippen LogP contribution in [-0.2, 0) is 38.2 Å². The maximum Gasteiger partial charge on any atom is 0.317 e. The van der Waals surface area contributed by atoms with Crippen LogP contribution in [0.3, 0.4) is 0 Å². The van der Waals surface area contributed by atoms with E-state index in [4.69, 9.17) is 14.6 Å². The van der Waals surface area contributed by atoms with E-state index < -0.39 is 47.0 Å². The number of hydrogen-bond acceptors (Lipinski definition) is 8. The lowest BCUT2D eigenvalue weighted by Gasteiger charge is -2.67. The number of fused-ring (bicyclic) bond motifs is 8. The van der Waals surface area contributed by atoms with Gasteiger partial charge < -0.3 is 19.7 Å². The van der Waals surface area contributed by atoms with Crippen molar-refractivity contribution in [3.05, 3.63) is 12.2 Å². The molecule has 10 nitrogen and oxygen atoms in total. The number of carboxylic acid groups (broad SMARTS) is 2. The molecule has 324 valence electrons. The average molecular weight is 809 g/mol. The molecule has 0 aromatic rings. The van der Waals surface area contributed by atoms with Crippen LogP contribution in [-0.4, -0.2) is 46.0 Å². The van der Waals surface area contributed by atoms with Gasteiger partial charge in [-0.15, -0.1) is 0 Å². The van der Waals surface area contributed by atoms with Crippen molar-refractivity contribution in [2.24, 2.45) is 87.8 Å². The van der Waals surface area contributed by atoms with Crippen molar-refractivity contribution in [1.29, 1.82) is 0 Å². The number of carbonyl (C=O) groups excluding carboxylic acids is 4. The van der Waals surface area contributed by atoms with Gasteiger partial charge in [-0.05, 0) is 129 Å². The van der Waals surface area contributed by atoms with Gasteiger partial charge in [0.25, 0.3) is 0 Å². The number of aliphatic carboxylic acids is 2. The molecule has 2 bridgehead atoms. The summed E-state index contributed by atoms with van der Waals surface area (Å²) in [4.78, 5) is 77.6. The van der Waals surface area contributed by atoms with Gasteiger partial charge in [0.05, 0.1) is 29.6 Å². The van der Waals surface area contributed by atoms with Gasteiger partial charge in [-0.2, -0.15) is 0 Å². The number of allylic oxidation sites excluding steroid dienone is 2. The van der Waals surface area contributed by atoms with Crippen molar-refractivity contribution in [1.82, 2.24) is 0 Å². The molecule has 0 spiro atoms. The highest BCUT2D eigenvalue weighted by atomic mass is 16.6. The standard InChI is InChI=1S/C48H72O10/c1-6-7-8-13-17-29(32-27-37(51)57-43(32)52)20-21-30(18-14-11-9-10-12-15-19-36(49)50)39-40-31-22-23-35-47(4,24-16-25-48(35,5)46(55)56)34(31)26-33(38(40)28(2)3)41-42(39)45(54)58-44(41)53/h13,17,28-35,38-42H,6-12,14-16,18-27H2,1-5H3,(H,49,50)(H,55,56)/b17-13+. The maximum atomic E-state index is 14.1. The van der Waals surface area contributed by atoms with Crippen LogP contribution in [0.25, 0.3) is 0 Å². The van der Waals surface area contributed by atoms with Crippen molar-refractivity contribution >= 4 is 35.8 Å². The third kappa shape index (κ3) is 8.73. The van der Waals surface area contributed by atoms with Gasteiger partial charge in [-0.3, -0.25) is 28.8 Å². The smallest absolute Gasteiger partial charge is 0.317 e. The van der Waals surface area contributed by atoms with Gasteiger partial charge in [0.2, 0.25) is 0 Å². The molecule has 6 rings (SSSR count). The van der Waals surface area contributed by atoms with E-state index >= 15 is 0 Å². The highest BCUT2D eigenvalue weighted by molar-refractivity contribution is 5.97. The van der Waals surface area contributed by atoms with Crippen molar-refractivity contribution < 1.29 is 48.5 Å². The molecule has 0 aromatic heterocycles. The topological polar surface area (TPSA) is 161 Å². The summed E-state index contributed by atoms with van der Waals surface area (Å²) in [6.45, 7) is 11.0. The summed E-state index contributed by atoms with van der Waals surface area (Å²) in [5, 5.41) is 19.7. The molecule has 14 atom stereocenters. The second kappa shape index (κ2) is 18.7. The first-order chi connectivity index (χ1) is 27.6. The minimum Gasteiger partial charge on any atom is -0.481 e. The predicted molar refractivity (Wildman–Crippen MR) is 218 cm³/mol. The number of carboxylic acids is 2. The summed E-state index contributed by atoms with van der Waals surface area (Å²) in [5.74, 6) is -3.62. The van der Waals surface area contributed by atoms with Crippen molar-refractivity contribution in [3.8, 4) is 0 Å². The van der Waals surface area contributed by atoms with Crippen molar-refractivity contribution in [2.75, 3.05) is 0 Å². The quantitative estimate of drug-likeness (QED) is 0.0524. The molecule has 6 aliphatic rings. The van der Waals surface area contributed by atoms with Gasteiger partial charge >= 0.3 is 35.8 Å². The molecule has 2 heterocycles. The van der Waals surface area contributed by atoms with Crippen LogP contribution >= 0.6 is 0 Å². The number of rotatable bonds is 20. The zero-order chi connectivity index (χ0) is 41.9. The van der Waals surface area contributed by atoms with Crippen LogP contribution in [0.2, 0.25) is 0 Å². The zero-order valence-electron chi connectivity index (χ0n) is 36.0. The van der Waals surface area contributed by atoms with Crippen LogP contribution in [0.1, 0.15) is 163 Å². The van der Waals surface area contributed by atoms with E-state index in [1.54, 1.807) is 0 Å². The Morgan fingerprint density at radius 2 is 1.52 bits per heavy atom. The summed E-state index contributed by atoms with van der Waals surface area (Å²) in [6.07, 6.45) is 20.4. The molecule has 14 unspecified atom stereocenters. The summed E-state index contributed by atoms with van der Waals surface area (Å²) in [7, 11) is 0. The normalized spacial score (nSPS) is 37.9. The van der Waals surface area contributed by atoms with E-state index in [1.165, 1.54) is 0 Å². The zero-order valence-corrected chi connectivity index (χ0v) is 36.0. The van der Waals surface area contributed by atoms with E-state index in [1.807, 2.05) is 6.92 Å². The monoisotopic (exact) mass is 809 g/mol. The Morgan fingerprint density at radius 3 is 2.17 bits per heavy atom. The Hall–Kier alpha value is -3.04. The molecule has 0 amide bonds. The van der Waals surface area contributed by atoms with Gasteiger partial charge in [0, 0.05) is 6.42 Å². The van der Waals surface area contributed by atoms with Crippen molar-refractivity contribution in [3.63, 3.8) is 0 Å². The summed E-state index contributed by atoms with van der Waals surface area (Å²) in [6, 6.07) is 0. The lowest BCUT2D eigenvalue weighted by molar-refractivity contribution is -0.207. The first-order valence-electron chi connectivity index (χ1n) is 23.3. The van der Waals surface area contributed by atoms with Crippen LogP contribution in [0, 0.1) is 87.8 Å². The molecule has 58 heavy (non-hydrogen) atoms. The number of unbranched alkanes of at least 4 members (excludes halogenated alkanes) is 7. The van der Waals surface area contributed by atoms with E-state index in [-0.39, 0.29) is 83.5 Å². The molecule has 0 radical (unpaired) electrons. The van der Waals surface area contributed by atoms with Crippen LogP contribution in [0.15, 0.2) is 12.2 Å². The molecule has 0 aromatic carbocycles. The van der Waals surface area contributed by atoms with E-state index in [2.05, 4.69) is 39.8 Å². The first kappa shape index (κ1) is 44.5. The van der Waals surface area contributed by atoms with Gasteiger partial charge in [-0.25, -0.2) is 0 Å². The number of cyclic esters (lactones) is 4. The maximum absolute atomic E-state index is 14.1. The molecule has 2 saturated heterocycles. The Kier molecular flexibility index (Phi) is 14.4. The van der Waals surface area contributed by atoms with Crippen LogP contribution in [0.5, 0.6) is 0 Å². The van der Waals surface area contributed by atoms with Gasteiger partial charge in [-0.1, -0.05) is 97.6 Å². The fraction of sp³-hybridized carbons (Fsp3) is 0.833. The largest absolute Gasteiger partial charge is 0.481 e. The second-order valence-corrected chi connectivity index (χ2v) is 20.4. The van der Waals surface area contributed by atoms with E-state index in [0.717, 1.165) is 96.3 Å². The van der Waals surface area contributed by atoms with Gasteiger partial charge in [0.15, 0.2) is 0 Å². The molecule has 2 aliphatic heterocycles. The Balaban J connectivity index is 1.36. The molecule has 10 heteroatoms. The van der Waals surface area contributed by atoms with Gasteiger partial charge in [0.1, 0.15) is 0 Å². The molecule has 4 aliphatic carbocycles. The molecular formula is C48H72O10. The Morgan fingerprint density at radius 1 is 0.810 bits per heavy atom. The number of carbonyl (C=O) groups is 6. The lowest BCUT2D eigenvalue weighted by atomic mass is 9.36. The summed E-state index contributed by atoms with van der Waals surface area (Å²) < 4.78 is 10.8. The number of ether oxygens (including phenoxy) is 2.